The van der Waals surface area contributed by atoms with Crippen LogP contribution < -0.4 is 0 Å². The third kappa shape index (κ3) is 5.51. The van der Waals surface area contributed by atoms with E-state index in [4.69, 9.17) is 7.73 Å². The van der Waals surface area contributed by atoms with Crippen LogP contribution in [0.2, 0.25) is 0 Å². The molecule has 0 saturated heterocycles. The molecule has 0 bridgehead atoms. The first-order valence-electron chi connectivity index (χ1n) is 25.6. The standard InChI is InChI=1S/C65H41N5/c1-10-30-53-43(20-1)44-21-2-11-31-54(44)67(53)57-34-14-9-28-51(57)52-29-19-39-62(68-55-32-12-3-22-45(55)46-23-4-13-33-56(46)68)65(52)42-40-63(69-58-35-15-5-24-47(58)48-25-6-16-36-59(48)69)66-64(41-42)70-60-37-17-7-26-49(60)50-27-8-18-38-61(50)70/h1-41H/i5D,15D,24D,35D. The number of nitrogens with zero attached hydrogens (tertiary/aromatic N) is 5. The van der Waals surface area contributed by atoms with E-state index in [-0.39, 0.29) is 24.2 Å². The minimum absolute atomic E-state index is 0.0876. The van der Waals surface area contributed by atoms with E-state index in [0.717, 1.165) is 93.8 Å². The van der Waals surface area contributed by atoms with E-state index in [1.165, 1.54) is 10.8 Å². The van der Waals surface area contributed by atoms with Crippen LogP contribution in [0.3, 0.4) is 0 Å². The van der Waals surface area contributed by atoms with Crippen molar-refractivity contribution >= 4 is 87.2 Å². The van der Waals surface area contributed by atoms with Gasteiger partial charge < -0.3 is 9.13 Å². The molecule has 70 heavy (non-hydrogen) atoms. The summed E-state index contributed by atoms with van der Waals surface area (Å²) in [6.07, 6.45) is 0. The van der Waals surface area contributed by atoms with Crippen molar-refractivity contribution in [1.82, 2.24) is 23.3 Å². The van der Waals surface area contributed by atoms with Gasteiger partial charge in [-0.15, -0.1) is 0 Å². The molecule has 15 aromatic rings. The molecule has 5 nitrogen and oxygen atoms in total. The molecule has 15 rings (SSSR count). The molecule has 0 aliphatic heterocycles. The van der Waals surface area contributed by atoms with Crippen LogP contribution in [0.4, 0.5) is 0 Å². The second-order valence-electron chi connectivity index (χ2n) is 18.0. The Balaban J connectivity index is 1.13. The highest BCUT2D eigenvalue weighted by molar-refractivity contribution is 6.13. The molecular formula is C65H41N5. The number of benzene rings is 10. The van der Waals surface area contributed by atoms with Crippen LogP contribution in [-0.2, 0) is 0 Å². The van der Waals surface area contributed by atoms with Gasteiger partial charge >= 0.3 is 0 Å². The lowest BCUT2D eigenvalue weighted by atomic mass is 9.91. The van der Waals surface area contributed by atoms with E-state index in [1.807, 2.05) is 28.8 Å². The molecule has 0 spiro atoms. The van der Waals surface area contributed by atoms with Crippen molar-refractivity contribution in [2.75, 3.05) is 0 Å². The van der Waals surface area contributed by atoms with Crippen molar-refractivity contribution in [2.24, 2.45) is 0 Å². The molecule has 5 heteroatoms. The van der Waals surface area contributed by atoms with Gasteiger partial charge in [0.05, 0.1) is 61.0 Å². The summed E-state index contributed by atoms with van der Waals surface area (Å²) in [6.45, 7) is 0. The molecule has 0 unspecified atom stereocenters. The van der Waals surface area contributed by atoms with Crippen molar-refractivity contribution in [3.63, 3.8) is 0 Å². The average molecular weight is 896 g/mol. The lowest BCUT2D eigenvalue weighted by molar-refractivity contribution is 1.01. The molecule has 10 aromatic carbocycles. The number of aromatic nitrogens is 5. The Morgan fingerprint density at radius 1 is 0.286 bits per heavy atom. The fourth-order valence-electron chi connectivity index (χ4n) is 11.5. The van der Waals surface area contributed by atoms with Gasteiger partial charge in [-0.2, -0.15) is 0 Å². The molecule has 5 aromatic heterocycles. The van der Waals surface area contributed by atoms with Gasteiger partial charge in [0.15, 0.2) is 0 Å². The first kappa shape index (κ1) is 34.8. The number of hydrogen-bond acceptors (Lipinski definition) is 1. The highest BCUT2D eigenvalue weighted by atomic mass is 15.1. The fraction of sp³-hybridized carbons (Fsp3) is 0. The molecular weight excluding hydrogens is 851 g/mol. The average Bonchev–Trinajstić information content (AvgIpc) is 4.19. The van der Waals surface area contributed by atoms with Gasteiger partial charge in [0.25, 0.3) is 0 Å². The van der Waals surface area contributed by atoms with Crippen molar-refractivity contribution in [1.29, 1.82) is 0 Å². The molecule has 0 aliphatic carbocycles. The first-order chi connectivity index (χ1) is 36.4. The van der Waals surface area contributed by atoms with Crippen LogP contribution in [0.25, 0.3) is 132 Å². The normalized spacial score (nSPS) is 12.8. The quantitative estimate of drug-likeness (QED) is 0.164. The number of hydrogen-bond donors (Lipinski definition) is 0. The molecule has 0 radical (unpaired) electrons. The van der Waals surface area contributed by atoms with Crippen LogP contribution in [0, 0.1) is 0 Å². The highest BCUT2D eigenvalue weighted by Crippen LogP contribution is 2.46. The summed E-state index contributed by atoms with van der Waals surface area (Å²) in [7, 11) is 0. The third-order valence-electron chi connectivity index (χ3n) is 14.3. The Bertz CT molecular complexity index is 4700. The Morgan fingerprint density at radius 3 is 1.11 bits per heavy atom. The van der Waals surface area contributed by atoms with E-state index in [2.05, 4.69) is 214 Å². The van der Waals surface area contributed by atoms with Crippen molar-refractivity contribution in [2.45, 2.75) is 0 Å². The van der Waals surface area contributed by atoms with Gasteiger partial charge in [0, 0.05) is 54.2 Å². The summed E-state index contributed by atoms with van der Waals surface area (Å²) in [5, 5.41) is 7.99. The fourth-order valence-corrected chi connectivity index (χ4v) is 11.5. The van der Waals surface area contributed by atoms with E-state index in [0.29, 0.717) is 27.9 Å². The lowest BCUT2D eigenvalue weighted by Crippen LogP contribution is -2.06. The minimum atomic E-state index is -0.300. The van der Waals surface area contributed by atoms with Gasteiger partial charge in [-0.3, -0.25) is 9.13 Å². The van der Waals surface area contributed by atoms with Crippen LogP contribution in [0.15, 0.2) is 249 Å². The lowest BCUT2D eigenvalue weighted by Gasteiger charge is -2.22. The summed E-state index contributed by atoms with van der Waals surface area (Å²) >= 11 is 0. The molecule has 0 atom stereocenters. The van der Waals surface area contributed by atoms with Crippen molar-refractivity contribution in [3.05, 3.63) is 249 Å². The third-order valence-corrected chi connectivity index (χ3v) is 14.3. The molecule has 5 heterocycles. The summed E-state index contributed by atoms with van der Waals surface area (Å²) in [6, 6.07) is 77.9. The van der Waals surface area contributed by atoms with Gasteiger partial charge in [-0.1, -0.05) is 176 Å². The summed E-state index contributed by atoms with van der Waals surface area (Å²) in [5.74, 6) is 1.16. The van der Waals surface area contributed by atoms with Gasteiger partial charge in [-0.05, 0) is 83.9 Å². The zero-order chi connectivity index (χ0) is 49.3. The second kappa shape index (κ2) is 15.0. The Labute approximate surface area is 408 Å². The van der Waals surface area contributed by atoms with Crippen molar-refractivity contribution in [3.8, 4) is 45.3 Å². The maximum absolute atomic E-state index is 9.56. The van der Waals surface area contributed by atoms with Crippen LogP contribution in [-0.4, -0.2) is 23.3 Å². The second-order valence-corrected chi connectivity index (χ2v) is 18.0. The topological polar surface area (TPSA) is 32.6 Å². The number of rotatable bonds is 6. The molecule has 326 valence electrons. The van der Waals surface area contributed by atoms with E-state index in [1.54, 1.807) is 0 Å². The van der Waals surface area contributed by atoms with E-state index < -0.39 is 0 Å². The number of pyridine rings is 1. The van der Waals surface area contributed by atoms with Gasteiger partial charge in [0.2, 0.25) is 0 Å². The van der Waals surface area contributed by atoms with E-state index in [9.17, 15) is 2.74 Å². The molecule has 0 N–H and O–H groups in total. The number of para-hydroxylation sites is 9. The monoisotopic (exact) mass is 895 g/mol. The first-order valence-corrected chi connectivity index (χ1v) is 23.6. The Kier molecular flexibility index (Phi) is 7.47. The van der Waals surface area contributed by atoms with E-state index >= 15 is 0 Å². The Morgan fingerprint density at radius 2 is 0.629 bits per heavy atom. The van der Waals surface area contributed by atoms with Gasteiger partial charge in [0.1, 0.15) is 11.6 Å². The maximum atomic E-state index is 9.56. The predicted molar refractivity (Wildman–Crippen MR) is 292 cm³/mol. The predicted octanol–water partition coefficient (Wildman–Crippen LogP) is 16.8. The summed E-state index contributed by atoms with van der Waals surface area (Å²) in [4.78, 5) is 5.65. The minimum Gasteiger partial charge on any atom is -0.309 e. The number of fused-ring (bicyclic) bond motifs is 12. The van der Waals surface area contributed by atoms with Crippen LogP contribution in [0.1, 0.15) is 5.48 Å². The molecule has 0 aliphatic rings. The molecule has 0 saturated carbocycles. The summed E-state index contributed by atoms with van der Waals surface area (Å²) < 4.78 is 45.7. The summed E-state index contributed by atoms with van der Waals surface area (Å²) in [5.41, 5.74) is 13.3. The maximum Gasteiger partial charge on any atom is 0.140 e. The zero-order valence-corrected chi connectivity index (χ0v) is 37.6. The molecule has 0 fully saturated rings. The van der Waals surface area contributed by atoms with Crippen LogP contribution >= 0.6 is 0 Å². The van der Waals surface area contributed by atoms with Gasteiger partial charge in [-0.25, -0.2) is 4.98 Å². The Hall–Kier alpha value is -9.45. The van der Waals surface area contributed by atoms with Crippen LogP contribution in [0.5, 0.6) is 0 Å². The smallest absolute Gasteiger partial charge is 0.140 e. The molecule has 0 amide bonds. The SMILES string of the molecule is [2H]c1c([2H])c([2H])c2c(c1[2H])c1ccccc1n2-c1cc(-c2c(-c3ccccc3-n3c4ccccc4c4ccccc43)cccc2-n2c3ccccc3c3ccccc32)cc(-n2c3ccccc3c3ccccc32)n1. The van der Waals surface area contributed by atoms with Crippen molar-refractivity contribution < 1.29 is 5.48 Å². The largest absolute Gasteiger partial charge is 0.309 e. The zero-order valence-electron chi connectivity index (χ0n) is 41.6. The highest BCUT2D eigenvalue weighted by Gasteiger charge is 2.25.